The largest absolute Gasteiger partial charge is 0.341 e. The Morgan fingerprint density at radius 1 is 1.39 bits per heavy atom. The van der Waals surface area contributed by atoms with Crippen molar-refractivity contribution >= 4 is 5.91 Å². The number of carbonyl (C=O) groups excluding carboxylic acids is 1. The highest BCUT2D eigenvalue weighted by molar-refractivity contribution is 5.78. The Morgan fingerprint density at radius 2 is 2.11 bits per heavy atom. The van der Waals surface area contributed by atoms with Gasteiger partial charge in [0.1, 0.15) is 0 Å². The number of amides is 1. The van der Waals surface area contributed by atoms with Crippen molar-refractivity contribution in [3.05, 3.63) is 35.9 Å². The first-order valence-electron chi connectivity index (χ1n) is 6.79. The molecule has 0 spiro atoms. The van der Waals surface area contributed by atoms with Gasteiger partial charge in [0.05, 0.1) is 6.54 Å². The molecular weight excluding hydrogens is 224 g/mol. The second kappa shape index (κ2) is 6.01. The SMILES string of the molecule is CCC1CN(C(=O)CN)CCC1c1ccccc1. The van der Waals surface area contributed by atoms with Crippen molar-refractivity contribution in [1.29, 1.82) is 0 Å². The fourth-order valence-corrected chi connectivity index (χ4v) is 2.94. The van der Waals surface area contributed by atoms with E-state index in [4.69, 9.17) is 5.73 Å². The van der Waals surface area contributed by atoms with Gasteiger partial charge in [0.25, 0.3) is 0 Å². The van der Waals surface area contributed by atoms with Crippen LogP contribution in [0.15, 0.2) is 30.3 Å². The van der Waals surface area contributed by atoms with Gasteiger partial charge in [-0.3, -0.25) is 4.79 Å². The molecule has 1 saturated heterocycles. The molecule has 3 nitrogen and oxygen atoms in total. The Hall–Kier alpha value is -1.35. The number of hydrogen-bond acceptors (Lipinski definition) is 2. The predicted molar refractivity (Wildman–Crippen MR) is 73.2 cm³/mol. The quantitative estimate of drug-likeness (QED) is 0.886. The fourth-order valence-electron chi connectivity index (χ4n) is 2.94. The lowest BCUT2D eigenvalue weighted by molar-refractivity contribution is -0.131. The van der Waals surface area contributed by atoms with Crippen LogP contribution in [0.25, 0.3) is 0 Å². The summed E-state index contributed by atoms with van der Waals surface area (Å²) in [5, 5.41) is 0. The summed E-state index contributed by atoms with van der Waals surface area (Å²) >= 11 is 0. The van der Waals surface area contributed by atoms with Gasteiger partial charge in [-0.2, -0.15) is 0 Å². The summed E-state index contributed by atoms with van der Waals surface area (Å²) in [6.07, 6.45) is 2.15. The molecule has 0 saturated carbocycles. The van der Waals surface area contributed by atoms with Gasteiger partial charge >= 0.3 is 0 Å². The van der Waals surface area contributed by atoms with Crippen LogP contribution in [-0.2, 0) is 4.79 Å². The van der Waals surface area contributed by atoms with E-state index < -0.39 is 0 Å². The van der Waals surface area contributed by atoms with Gasteiger partial charge in [0.2, 0.25) is 5.91 Å². The lowest BCUT2D eigenvalue weighted by Gasteiger charge is -2.38. The van der Waals surface area contributed by atoms with E-state index in [0.717, 1.165) is 25.9 Å². The maximum Gasteiger partial charge on any atom is 0.236 e. The van der Waals surface area contributed by atoms with Crippen molar-refractivity contribution in [2.45, 2.75) is 25.7 Å². The monoisotopic (exact) mass is 246 g/mol. The molecule has 98 valence electrons. The lowest BCUT2D eigenvalue weighted by atomic mass is 9.79. The summed E-state index contributed by atoms with van der Waals surface area (Å²) < 4.78 is 0. The number of nitrogens with zero attached hydrogens (tertiary/aromatic N) is 1. The Morgan fingerprint density at radius 3 is 2.72 bits per heavy atom. The van der Waals surface area contributed by atoms with Crippen LogP contribution in [0.2, 0.25) is 0 Å². The van der Waals surface area contributed by atoms with Gasteiger partial charge in [0, 0.05) is 13.1 Å². The third kappa shape index (κ3) is 2.72. The molecule has 1 aliphatic rings. The molecular formula is C15H22N2O. The highest BCUT2D eigenvalue weighted by Gasteiger charge is 2.30. The molecule has 2 N–H and O–H groups in total. The average molecular weight is 246 g/mol. The first kappa shape index (κ1) is 13.1. The standard InChI is InChI=1S/C15H22N2O/c1-2-12-11-17(15(18)10-16)9-8-14(12)13-6-4-3-5-7-13/h3-7,12,14H,2,8-11,16H2,1H3. The predicted octanol–water partition coefficient (Wildman–Crippen LogP) is 1.99. The smallest absolute Gasteiger partial charge is 0.236 e. The van der Waals surface area contributed by atoms with Crippen LogP contribution >= 0.6 is 0 Å². The Balaban J connectivity index is 2.09. The lowest BCUT2D eigenvalue weighted by Crippen LogP contribution is -2.45. The maximum atomic E-state index is 11.7. The number of nitrogens with two attached hydrogens (primary N) is 1. The average Bonchev–Trinajstić information content (AvgIpc) is 2.46. The Labute approximate surface area is 109 Å². The molecule has 1 fully saturated rings. The molecule has 3 heteroatoms. The van der Waals surface area contributed by atoms with E-state index >= 15 is 0 Å². The number of likely N-dealkylation sites (tertiary alicyclic amines) is 1. The van der Waals surface area contributed by atoms with Crippen LogP contribution in [0.5, 0.6) is 0 Å². The second-order valence-corrected chi connectivity index (χ2v) is 5.02. The van der Waals surface area contributed by atoms with Gasteiger partial charge in [-0.15, -0.1) is 0 Å². The van der Waals surface area contributed by atoms with Crippen molar-refractivity contribution < 1.29 is 4.79 Å². The van der Waals surface area contributed by atoms with Crippen LogP contribution in [-0.4, -0.2) is 30.4 Å². The summed E-state index contributed by atoms with van der Waals surface area (Å²) in [5.41, 5.74) is 6.85. The molecule has 2 rings (SSSR count). The van der Waals surface area contributed by atoms with Gasteiger partial charge in [-0.05, 0) is 23.8 Å². The van der Waals surface area contributed by atoms with Crippen molar-refractivity contribution in [3.8, 4) is 0 Å². The van der Waals surface area contributed by atoms with Crippen LogP contribution < -0.4 is 5.73 Å². The number of piperidine rings is 1. The Bertz CT molecular complexity index is 391. The zero-order valence-electron chi connectivity index (χ0n) is 11.0. The van der Waals surface area contributed by atoms with Crippen molar-refractivity contribution in [2.24, 2.45) is 11.7 Å². The van der Waals surface area contributed by atoms with E-state index in [1.165, 1.54) is 5.56 Å². The summed E-state index contributed by atoms with van der Waals surface area (Å²) in [6.45, 7) is 4.03. The van der Waals surface area contributed by atoms with E-state index in [1.807, 2.05) is 4.90 Å². The minimum Gasteiger partial charge on any atom is -0.341 e. The minimum atomic E-state index is 0.0833. The fraction of sp³-hybridized carbons (Fsp3) is 0.533. The van der Waals surface area contributed by atoms with E-state index in [2.05, 4.69) is 37.3 Å². The van der Waals surface area contributed by atoms with Gasteiger partial charge in [-0.1, -0.05) is 43.7 Å². The summed E-state index contributed by atoms with van der Waals surface area (Å²) in [7, 11) is 0. The van der Waals surface area contributed by atoms with Crippen molar-refractivity contribution in [3.63, 3.8) is 0 Å². The molecule has 0 aromatic heterocycles. The summed E-state index contributed by atoms with van der Waals surface area (Å²) in [6, 6.07) is 10.7. The van der Waals surface area contributed by atoms with Crippen LogP contribution in [0.1, 0.15) is 31.2 Å². The van der Waals surface area contributed by atoms with E-state index in [9.17, 15) is 4.79 Å². The topological polar surface area (TPSA) is 46.3 Å². The first-order chi connectivity index (χ1) is 8.76. The molecule has 2 atom stereocenters. The molecule has 0 aliphatic carbocycles. The van der Waals surface area contributed by atoms with E-state index in [1.54, 1.807) is 0 Å². The number of carbonyl (C=O) groups is 1. The zero-order valence-corrected chi connectivity index (χ0v) is 11.0. The van der Waals surface area contributed by atoms with Crippen molar-refractivity contribution in [1.82, 2.24) is 4.90 Å². The Kier molecular flexibility index (Phi) is 4.37. The van der Waals surface area contributed by atoms with E-state index in [0.29, 0.717) is 11.8 Å². The highest BCUT2D eigenvalue weighted by Crippen LogP contribution is 2.34. The first-order valence-corrected chi connectivity index (χ1v) is 6.79. The number of hydrogen-bond donors (Lipinski definition) is 1. The van der Waals surface area contributed by atoms with Gasteiger partial charge in [0.15, 0.2) is 0 Å². The second-order valence-electron chi connectivity index (χ2n) is 5.02. The van der Waals surface area contributed by atoms with E-state index in [-0.39, 0.29) is 12.5 Å². The van der Waals surface area contributed by atoms with Crippen LogP contribution in [0.4, 0.5) is 0 Å². The molecule has 1 amide bonds. The molecule has 18 heavy (non-hydrogen) atoms. The van der Waals surface area contributed by atoms with Crippen LogP contribution in [0.3, 0.4) is 0 Å². The van der Waals surface area contributed by atoms with Crippen molar-refractivity contribution in [2.75, 3.05) is 19.6 Å². The highest BCUT2D eigenvalue weighted by atomic mass is 16.2. The van der Waals surface area contributed by atoms with Crippen LogP contribution in [0, 0.1) is 5.92 Å². The molecule has 1 aromatic carbocycles. The molecule has 0 radical (unpaired) electrons. The normalized spacial score (nSPS) is 24.0. The number of benzene rings is 1. The van der Waals surface area contributed by atoms with Gasteiger partial charge in [-0.25, -0.2) is 0 Å². The summed E-state index contributed by atoms with van der Waals surface area (Å²) in [5.74, 6) is 1.22. The molecule has 1 aliphatic heterocycles. The number of rotatable bonds is 3. The minimum absolute atomic E-state index is 0.0833. The molecule has 2 unspecified atom stereocenters. The third-order valence-corrected chi connectivity index (χ3v) is 4.01. The zero-order chi connectivity index (χ0) is 13.0. The summed E-state index contributed by atoms with van der Waals surface area (Å²) in [4.78, 5) is 13.6. The molecule has 1 aromatic rings. The third-order valence-electron chi connectivity index (χ3n) is 4.01. The molecule has 0 bridgehead atoms. The van der Waals surface area contributed by atoms with Gasteiger partial charge < -0.3 is 10.6 Å². The maximum absolute atomic E-state index is 11.7. The molecule has 1 heterocycles.